The van der Waals surface area contributed by atoms with Crippen molar-refractivity contribution < 1.29 is 69.3 Å². The summed E-state index contributed by atoms with van der Waals surface area (Å²) in [5.41, 5.74) is 4.87. The van der Waals surface area contributed by atoms with Crippen molar-refractivity contribution in [2.24, 2.45) is 0 Å². The van der Waals surface area contributed by atoms with Gasteiger partial charge in [0.1, 0.15) is 29.5 Å². The molecule has 0 saturated carbocycles. The molecular formula is C71H76F6N8O9S. The zero-order chi connectivity index (χ0) is 68.3. The minimum atomic E-state index is -1.37. The minimum Gasteiger partial charge on any atom is -0.496 e. The van der Waals surface area contributed by atoms with Gasteiger partial charge >= 0.3 is 36.1 Å². The predicted octanol–water partition coefficient (Wildman–Crippen LogP) is 12.6. The molecule has 17 nitrogen and oxygen atoms in total. The number of nitrogens with one attached hydrogen (secondary N) is 4. The lowest BCUT2D eigenvalue weighted by Gasteiger charge is -2.43. The van der Waals surface area contributed by atoms with Crippen molar-refractivity contribution in [3.05, 3.63) is 224 Å². The summed E-state index contributed by atoms with van der Waals surface area (Å²) in [6, 6.07) is 28.3. The molecular weight excluding hydrogens is 1250 g/mol. The molecule has 2 fully saturated rings. The lowest BCUT2D eigenvalue weighted by atomic mass is 9.67. The molecule has 4 aliphatic heterocycles. The fourth-order valence-corrected chi connectivity index (χ4v) is 13.6. The van der Waals surface area contributed by atoms with Gasteiger partial charge in [-0.3, -0.25) is 0 Å². The third-order valence-electron chi connectivity index (χ3n) is 18.3. The highest BCUT2D eigenvalue weighted by Gasteiger charge is 2.45. The number of aryl methyl sites for hydroxylation is 1. The molecule has 6 aromatic rings. The summed E-state index contributed by atoms with van der Waals surface area (Å²) in [7, 11) is 3.82. The van der Waals surface area contributed by atoms with Gasteiger partial charge in [-0.25, -0.2) is 64.9 Å². The normalized spacial score (nSPS) is 18.0. The minimum absolute atomic E-state index is 0.00605. The number of ether oxygens (including phenoxy) is 3. The maximum Gasteiger partial charge on any atom is 0.337 e. The zero-order valence-electron chi connectivity index (χ0n) is 53.8. The number of imide groups is 2. The second-order valence-electron chi connectivity index (χ2n) is 23.8. The number of hydrogen-bond acceptors (Lipinski definition) is 12. The van der Waals surface area contributed by atoms with Gasteiger partial charge in [0.15, 0.2) is 23.3 Å². The van der Waals surface area contributed by atoms with Gasteiger partial charge in [0.2, 0.25) is 0 Å². The number of benzene rings is 6. The van der Waals surface area contributed by atoms with Gasteiger partial charge in [0.25, 0.3) is 0 Å². The molecule has 2 saturated heterocycles. The Bertz CT molecular complexity index is 3880. The average molecular weight is 1330 g/mol. The molecule has 0 bridgehead atoms. The van der Waals surface area contributed by atoms with Crippen LogP contribution in [-0.4, -0.2) is 136 Å². The van der Waals surface area contributed by atoms with Gasteiger partial charge in [0.05, 0.1) is 32.5 Å². The fourth-order valence-electron chi connectivity index (χ4n) is 13.2. The van der Waals surface area contributed by atoms with E-state index in [2.05, 4.69) is 92.8 Å². The molecule has 502 valence electrons. The van der Waals surface area contributed by atoms with Crippen molar-refractivity contribution in [2.75, 3.05) is 79.9 Å². The van der Waals surface area contributed by atoms with E-state index in [0.29, 0.717) is 56.6 Å². The highest BCUT2D eigenvalue weighted by molar-refractivity contribution is 7.98. The maximum absolute atomic E-state index is 14.5. The third kappa shape index (κ3) is 15.5. The standard InChI is InChI=1S/C36H40F2N4O4S.C35H36F4N4O5/c1-23-6-9-26(10-7-23)36(27-11-13-28(47-4)14-12-27)16-20-41(21-17-36)19-5-18-39-34(44)42-32(25-8-15-29(37)30(38)22-25)31(33(43)46-3)24(2)40-35(42)45;1-21-30(32(44)48-3)31(22-5-11-27(38)28(39)19-22)43(34(46)41-21)33(45)40-15-4-16-42-17-13-35(14-18-42,23-6-8-24(36)9-7-23)26-20-25(37)10-12-29(26)47-2/h6-15,22,32H,5,16-21H2,1-4H3,(H,39,44)(H,40,45);5-12,19-20,31H,4,13-18H2,1-3H3,(H,40,45)(H,41,46). The van der Waals surface area contributed by atoms with Crippen LogP contribution in [0.1, 0.15) is 103 Å². The Labute approximate surface area is 552 Å². The first-order valence-electron chi connectivity index (χ1n) is 31.1. The summed E-state index contributed by atoms with van der Waals surface area (Å²) >= 11 is 1.73. The highest BCUT2D eigenvalue weighted by Crippen LogP contribution is 2.47. The molecule has 0 aromatic heterocycles. The van der Waals surface area contributed by atoms with E-state index >= 15 is 0 Å². The van der Waals surface area contributed by atoms with Gasteiger partial charge < -0.3 is 45.3 Å². The maximum atomic E-state index is 14.5. The van der Waals surface area contributed by atoms with Crippen LogP contribution < -0.4 is 26.0 Å². The van der Waals surface area contributed by atoms with Crippen LogP contribution in [0.25, 0.3) is 0 Å². The SMILES string of the molecule is COC(=O)C1=C(C)NC(=O)N(C(=O)NCCCN2CCC(c3ccc(C)cc3)(c3ccc(SC)cc3)CC2)C1c1ccc(F)c(F)c1.COC(=O)C1=C(C)NC(=O)N(C(=O)NCCCN2CCC(c3ccc(F)cc3)(c3cc(F)ccc3OC)CC2)C1c1ccc(F)c(F)c1. The van der Waals surface area contributed by atoms with E-state index < -0.39 is 82.6 Å². The number of carbonyl (C=O) groups excluding carboxylic acids is 6. The topological polar surface area (TPSA) is 191 Å². The number of piperidine rings is 2. The summed E-state index contributed by atoms with van der Waals surface area (Å²) in [5.74, 6) is -6.47. The second-order valence-corrected chi connectivity index (χ2v) is 24.7. The van der Waals surface area contributed by atoms with Gasteiger partial charge in [-0.1, -0.05) is 66.2 Å². The van der Waals surface area contributed by atoms with Crippen LogP contribution in [-0.2, 0) is 29.9 Å². The number of thioether (sulfide) groups is 1. The van der Waals surface area contributed by atoms with Crippen molar-refractivity contribution >= 4 is 47.8 Å². The molecule has 8 amide bonds. The van der Waals surface area contributed by atoms with E-state index in [1.54, 1.807) is 30.0 Å². The van der Waals surface area contributed by atoms with E-state index in [1.165, 1.54) is 86.1 Å². The highest BCUT2D eigenvalue weighted by atomic mass is 32.2. The molecule has 4 aliphatic rings. The molecule has 0 radical (unpaired) electrons. The molecule has 2 atom stereocenters. The van der Waals surface area contributed by atoms with Crippen LogP contribution in [0.4, 0.5) is 45.5 Å². The van der Waals surface area contributed by atoms with E-state index in [1.807, 2.05) is 0 Å². The number of likely N-dealkylation sites (tertiary alicyclic amines) is 2. The summed E-state index contributed by atoms with van der Waals surface area (Å²) < 4.78 is 99.7. The summed E-state index contributed by atoms with van der Waals surface area (Å²) in [6.45, 7) is 9.75. The van der Waals surface area contributed by atoms with Crippen LogP contribution >= 0.6 is 11.8 Å². The van der Waals surface area contributed by atoms with Crippen LogP contribution in [0.5, 0.6) is 5.75 Å². The van der Waals surface area contributed by atoms with Crippen LogP contribution in [0, 0.1) is 41.8 Å². The molecule has 0 spiro atoms. The van der Waals surface area contributed by atoms with Crippen LogP contribution in [0.2, 0.25) is 0 Å². The Morgan fingerprint density at radius 3 is 1.36 bits per heavy atom. The van der Waals surface area contributed by atoms with Crippen molar-refractivity contribution in [1.82, 2.24) is 40.9 Å². The first-order chi connectivity index (χ1) is 45.6. The summed E-state index contributed by atoms with van der Waals surface area (Å²) in [6.07, 6.45) is 6.28. The summed E-state index contributed by atoms with van der Waals surface area (Å²) in [5, 5.41) is 10.5. The molecule has 0 aliphatic carbocycles. The van der Waals surface area contributed by atoms with Crippen LogP contribution in [0.15, 0.2) is 155 Å². The Morgan fingerprint density at radius 2 is 0.937 bits per heavy atom. The fraction of sp³-hybridized carbons (Fsp3) is 0.352. The number of hydrogen-bond donors (Lipinski definition) is 4. The Balaban J connectivity index is 0.000000223. The zero-order valence-corrected chi connectivity index (χ0v) is 54.6. The molecule has 95 heavy (non-hydrogen) atoms. The second kappa shape index (κ2) is 31.0. The predicted molar refractivity (Wildman–Crippen MR) is 346 cm³/mol. The number of amides is 8. The average Bonchev–Trinajstić information content (AvgIpc) is 0.787. The first-order valence-corrected chi connectivity index (χ1v) is 32.3. The Kier molecular flexibility index (Phi) is 22.9. The third-order valence-corrected chi connectivity index (χ3v) is 19.0. The van der Waals surface area contributed by atoms with Gasteiger partial charge in [0, 0.05) is 45.8 Å². The molecule has 2 unspecified atom stereocenters. The Morgan fingerprint density at radius 1 is 0.526 bits per heavy atom. The number of esters is 2. The van der Waals surface area contributed by atoms with Gasteiger partial charge in [-0.05, 0) is 199 Å². The number of rotatable bonds is 18. The number of nitrogens with zero attached hydrogens (tertiary/aromatic N) is 4. The number of halogens is 6. The summed E-state index contributed by atoms with van der Waals surface area (Å²) in [4.78, 5) is 85.7. The number of allylic oxidation sites excluding steroid dienone is 2. The van der Waals surface area contributed by atoms with Crippen molar-refractivity contribution in [1.29, 1.82) is 0 Å². The number of urea groups is 4. The molecule has 10 rings (SSSR count). The Hall–Kier alpha value is -9.13. The lowest BCUT2D eigenvalue weighted by molar-refractivity contribution is -0.137. The largest absolute Gasteiger partial charge is 0.496 e. The quantitative estimate of drug-likeness (QED) is 0.0276. The van der Waals surface area contributed by atoms with Crippen molar-refractivity contribution in [3.63, 3.8) is 0 Å². The molecule has 24 heteroatoms. The van der Waals surface area contributed by atoms with Gasteiger partial charge in [-0.2, -0.15) is 0 Å². The monoisotopic (exact) mass is 1330 g/mol. The molecule has 4 heterocycles. The van der Waals surface area contributed by atoms with Crippen molar-refractivity contribution in [2.45, 2.75) is 87.1 Å². The smallest absolute Gasteiger partial charge is 0.337 e. The molecule has 6 aromatic carbocycles. The van der Waals surface area contributed by atoms with E-state index in [0.717, 1.165) is 79.2 Å². The van der Waals surface area contributed by atoms with E-state index in [9.17, 15) is 55.1 Å². The molecule has 4 N–H and O–H groups in total. The van der Waals surface area contributed by atoms with Crippen LogP contribution in [0.3, 0.4) is 0 Å². The number of methoxy groups -OCH3 is 3. The van der Waals surface area contributed by atoms with E-state index in [-0.39, 0.29) is 58.0 Å². The van der Waals surface area contributed by atoms with E-state index in [4.69, 9.17) is 14.2 Å². The number of carbonyl (C=O) groups is 6. The lowest BCUT2D eigenvalue weighted by Crippen LogP contribution is -2.54. The van der Waals surface area contributed by atoms with Gasteiger partial charge in [-0.15, -0.1) is 11.8 Å². The first kappa shape index (κ1) is 70.2. The van der Waals surface area contributed by atoms with Crippen molar-refractivity contribution in [3.8, 4) is 5.75 Å².